The number of carbonyl (C=O) groups excluding carboxylic acids is 2. The fourth-order valence-corrected chi connectivity index (χ4v) is 3.21. The molecule has 0 spiro atoms. The standard InChI is InChI=1S/C20H30N2O2/c1-2-3-4-5-16-6-8-18(9-7-16)19(23)10-11-20(24)22-13-12-17(14-21)15-22/h6-9,17H,2-5,10-15,21H2,1H3. The maximum Gasteiger partial charge on any atom is 0.223 e. The molecule has 1 saturated heterocycles. The Hall–Kier alpha value is -1.68. The molecular weight excluding hydrogens is 300 g/mol. The lowest BCUT2D eigenvalue weighted by molar-refractivity contribution is -0.130. The van der Waals surface area contributed by atoms with Crippen LogP contribution in [0.25, 0.3) is 0 Å². The summed E-state index contributed by atoms with van der Waals surface area (Å²) < 4.78 is 0. The molecule has 2 N–H and O–H groups in total. The van der Waals surface area contributed by atoms with Crippen LogP contribution in [0.15, 0.2) is 24.3 Å². The number of rotatable bonds is 9. The van der Waals surface area contributed by atoms with E-state index in [-0.39, 0.29) is 18.1 Å². The minimum Gasteiger partial charge on any atom is -0.342 e. The van der Waals surface area contributed by atoms with Gasteiger partial charge in [-0.1, -0.05) is 44.0 Å². The highest BCUT2D eigenvalue weighted by atomic mass is 16.2. The maximum absolute atomic E-state index is 12.3. The predicted octanol–water partition coefficient (Wildman–Crippen LogP) is 3.19. The van der Waals surface area contributed by atoms with Crippen molar-refractivity contribution in [2.75, 3.05) is 19.6 Å². The van der Waals surface area contributed by atoms with Crippen molar-refractivity contribution >= 4 is 11.7 Å². The van der Waals surface area contributed by atoms with E-state index in [4.69, 9.17) is 5.73 Å². The fraction of sp³-hybridized carbons (Fsp3) is 0.600. The lowest BCUT2D eigenvalue weighted by Gasteiger charge is -2.16. The Morgan fingerprint density at radius 1 is 1.17 bits per heavy atom. The first kappa shape index (κ1) is 18.7. The minimum atomic E-state index is 0.0537. The number of ketones is 1. The van der Waals surface area contributed by atoms with Crippen LogP contribution in [-0.4, -0.2) is 36.2 Å². The van der Waals surface area contributed by atoms with Crippen LogP contribution in [0.2, 0.25) is 0 Å². The van der Waals surface area contributed by atoms with Crippen molar-refractivity contribution in [3.05, 3.63) is 35.4 Å². The fourth-order valence-electron chi connectivity index (χ4n) is 3.21. The van der Waals surface area contributed by atoms with Gasteiger partial charge in [-0.25, -0.2) is 0 Å². The molecule has 2 rings (SSSR count). The SMILES string of the molecule is CCCCCc1ccc(C(=O)CCC(=O)N2CCC(CN)C2)cc1. The molecule has 4 heteroatoms. The predicted molar refractivity (Wildman–Crippen MR) is 97.0 cm³/mol. The number of nitrogens with zero attached hydrogens (tertiary/aromatic N) is 1. The van der Waals surface area contributed by atoms with Crippen LogP contribution in [0.4, 0.5) is 0 Å². The van der Waals surface area contributed by atoms with Gasteiger partial charge in [0.2, 0.25) is 5.91 Å². The van der Waals surface area contributed by atoms with Gasteiger partial charge in [0.15, 0.2) is 5.78 Å². The Balaban J connectivity index is 1.76. The van der Waals surface area contributed by atoms with Crippen molar-refractivity contribution in [1.29, 1.82) is 0 Å². The van der Waals surface area contributed by atoms with Crippen LogP contribution in [-0.2, 0) is 11.2 Å². The first-order valence-corrected chi connectivity index (χ1v) is 9.24. The Morgan fingerprint density at radius 3 is 2.54 bits per heavy atom. The van der Waals surface area contributed by atoms with Crippen LogP contribution < -0.4 is 5.73 Å². The normalized spacial score (nSPS) is 17.2. The average molecular weight is 330 g/mol. The molecule has 1 fully saturated rings. The van der Waals surface area contributed by atoms with E-state index >= 15 is 0 Å². The highest BCUT2D eigenvalue weighted by Gasteiger charge is 2.25. The van der Waals surface area contributed by atoms with Gasteiger partial charge in [-0.05, 0) is 37.3 Å². The van der Waals surface area contributed by atoms with Gasteiger partial charge in [-0.3, -0.25) is 9.59 Å². The molecule has 24 heavy (non-hydrogen) atoms. The summed E-state index contributed by atoms with van der Waals surface area (Å²) in [5.74, 6) is 0.554. The van der Waals surface area contributed by atoms with Crippen LogP contribution >= 0.6 is 0 Å². The summed E-state index contributed by atoms with van der Waals surface area (Å²) in [6, 6.07) is 7.87. The summed E-state index contributed by atoms with van der Waals surface area (Å²) in [5.41, 5.74) is 7.64. The van der Waals surface area contributed by atoms with Crippen molar-refractivity contribution < 1.29 is 9.59 Å². The van der Waals surface area contributed by atoms with Gasteiger partial charge >= 0.3 is 0 Å². The number of likely N-dealkylation sites (tertiary alicyclic amines) is 1. The number of aryl methyl sites for hydroxylation is 1. The molecule has 1 unspecified atom stereocenters. The minimum absolute atomic E-state index is 0.0537. The van der Waals surface area contributed by atoms with Crippen molar-refractivity contribution in [3.8, 4) is 0 Å². The quantitative estimate of drug-likeness (QED) is 0.559. The summed E-state index contributed by atoms with van der Waals surface area (Å²) in [6.07, 6.45) is 6.29. The van der Waals surface area contributed by atoms with E-state index in [9.17, 15) is 9.59 Å². The van der Waals surface area contributed by atoms with E-state index in [1.165, 1.54) is 24.8 Å². The second-order valence-electron chi connectivity index (χ2n) is 6.81. The second kappa shape index (κ2) is 9.58. The molecule has 1 aliphatic rings. The number of amides is 1. The van der Waals surface area contributed by atoms with Gasteiger partial charge in [0.25, 0.3) is 0 Å². The van der Waals surface area contributed by atoms with Crippen LogP contribution in [0.1, 0.15) is 61.4 Å². The Morgan fingerprint density at radius 2 is 1.92 bits per heavy atom. The van der Waals surface area contributed by atoms with Crippen LogP contribution in [0, 0.1) is 5.92 Å². The first-order valence-electron chi connectivity index (χ1n) is 9.24. The summed E-state index contributed by atoms with van der Waals surface area (Å²) in [5, 5.41) is 0. The number of benzene rings is 1. The summed E-state index contributed by atoms with van der Waals surface area (Å²) in [7, 11) is 0. The third kappa shape index (κ3) is 5.45. The molecule has 0 saturated carbocycles. The smallest absolute Gasteiger partial charge is 0.223 e. The summed E-state index contributed by atoms with van der Waals surface area (Å²) in [6.45, 7) is 4.35. The summed E-state index contributed by atoms with van der Waals surface area (Å²) in [4.78, 5) is 26.3. The summed E-state index contributed by atoms with van der Waals surface area (Å²) >= 11 is 0. The molecule has 132 valence electrons. The Kier molecular flexibility index (Phi) is 7.44. The van der Waals surface area contributed by atoms with E-state index in [1.54, 1.807) is 0 Å². The molecule has 1 heterocycles. The first-order chi connectivity index (χ1) is 11.6. The van der Waals surface area contributed by atoms with E-state index in [0.29, 0.717) is 24.4 Å². The molecule has 4 nitrogen and oxygen atoms in total. The molecule has 0 bridgehead atoms. The molecule has 0 aliphatic carbocycles. The number of hydrogen-bond acceptors (Lipinski definition) is 3. The number of carbonyl (C=O) groups is 2. The molecule has 0 aromatic heterocycles. The van der Waals surface area contributed by atoms with Crippen LogP contribution in [0.3, 0.4) is 0 Å². The van der Waals surface area contributed by atoms with Crippen molar-refractivity contribution in [3.63, 3.8) is 0 Å². The highest BCUT2D eigenvalue weighted by Crippen LogP contribution is 2.17. The lowest BCUT2D eigenvalue weighted by atomic mass is 10.0. The second-order valence-corrected chi connectivity index (χ2v) is 6.81. The van der Waals surface area contributed by atoms with Gasteiger partial charge in [0.1, 0.15) is 0 Å². The number of nitrogens with two attached hydrogens (primary N) is 1. The van der Waals surface area contributed by atoms with Gasteiger partial charge < -0.3 is 10.6 Å². The maximum atomic E-state index is 12.3. The largest absolute Gasteiger partial charge is 0.342 e. The molecule has 0 radical (unpaired) electrons. The Labute approximate surface area is 145 Å². The van der Waals surface area contributed by atoms with Gasteiger partial charge in [0, 0.05) is 31.5 Å². The molecule has 1 aliphatic heterocycles. The highest BCUT2D eigenvalue weighted by molar-refractivity contribution is 5.98. The molecule has 1 aromatic carbocycles. The zero-order valence-electron chi connectivity index (χ0n) is 14.8. The zero-order valence-corrected chi connectivity index (χ0v) is 14.8. The van der Waals surface area contributed by atoms with E-state index in [1.807, 2.05) is 29.2 Å². The third-order valence-electron chi connectivity index (χ3n) is 4.88. The van der Waals surface area contributed by atoms with Gasteiger partial charge in [-0.15, -0.1) is 0 Å². The average Bonchev–Trinajstić information content (AvgIpc) is 3.09. The molecule has 1 amide bonds. The molecule has 1 aromatic rings. The monoisotopic (exact) mass is 330 g/mol. The van der Waals surface area contributed by atoms with Crippen LogP contribution in [0.5, 0.6) is 0 Å². The van der Waals surface area contributed by atoms with E-state index in [2.05, 4.69) is 6.92 Å². The van der Waals surface area contributed by atoms with Crippen molar-refractivity contribution in [2.45, 2.75) is 51.9 Å². The Bertz CT molecular complexity index is 539. The molecular formula is C20H30N2O2. The number of unbranched alkanes of at least 4 members (excludes halogenated alkanes) is 2. The topological polar surface area (TPSA) is 63.4 Å². The van der Waals surface area contributed by atoms with Crippen molar-refractivity contribution in [1.82, 2.24) is 4.90 Å². The van der Waals surface area contributed by atoms with Gasteiger partial charge in [-0.2, -0.15) is 0 Å². The number of Topliss-reactive ketones (excluding diaryl/α,β-unsaturated/α-hetero) is 1. The van der Waals surface area contributed by atoms with Crippen molar-refractivity contribution in [2.24, 2.45) is 11.7 Å². The zero-order chi connectivity index (χ0) is 17.4. The lowest BCUT2D eigenvalue weighted by Crippen LogP contribution is -2.30. The van der Waals surface area contributed by atoms with E-state index < -0.39 is 0 Å². The van der Waals surface area contributed by atoms with E-state index in [0.717, 1.165) is 25.9 Å². The molecule has 1 atom stereocenters. The van der Waals surface area contributed by atoms with Gasteiger partial charge in [0.05, 0.1) is 0 Å². The third-order valence-corrected chi connectivity index (χ3v) is 4.88. The number of hydrogen-bond donors (Lipinski definition) is 1.